The van der Waals surface area contributed by atoms with Gasteiger partial charge in [-0.05, 0) is 55.7 Å². The minimum absolute atomic E-state index is 0.110. The first kappa shape index (κ1) is 18.7. The molecule has 0 saturated carbocycles. The van der Waals surface area contributed by atoms with E-state index in [9.17, 15) is 14.7 Å². The molecule has 0 aliphatic carbocycles. The van der Waals surface area contributed by atoms with Crippen LogP contribution in [-0.4, -0.2) is 24.1 Å². The summed E-state index contributed by atoms with van der Waals surface area (Å²) in [6, 6.07) is 12.4. The SMILES string of the molecule is COCc1cc(NC(=O)C(C)(C)c2ccccc2C)cc(C(=O)O)c1. The first-order chi connectivity index (χ1) is 11.8. The summed E-state index contributed by atoms with van der Waals surface area (Å²) in [6.07, 6.45) is 0. The molecule has 132 valence electrons. The Morgan fingerprint density at radius 1 is 1.16 bits per heavy atom. The molecule has 0 fully saturated rings. The van der Waals surface area contributed by atoms with Crippen molar-refractivity contribution in [1.29, 1.82) is 0 Å². The largest absolute Gasteiger partial charge is 0.478 e. The molecule has 0 aromatic heterocycles. The van der Waals surface area contributed by atoms with Gasteiger partial charge in [0.25, 0.3) is 0 Å². The van der Waals surface area contributed by atoms with E-state index >= 15 is 0 Å². The van der Waals surface area contributed by atoms with Gasteiger partial charge in [-0.1, -0.05) is 24.3 Å². The van der Waals surface area contributed by atoms with Crippen LogP contribution in [0.25, 0.3) is 0 Å². The number of rotatable bonds is 6. The summed E-state index contributed by atoms with van der Waals surface area (Å²) in [7, 11) is 1.53. The zero-order valence-corrected chi connectivity index (χ0v) is 14.9. The second kappa shape index (κ2) is 7.49. The lowest BCUT2D eigenvalue weighted by atomic mass is 9.81. The zero-order chi connectivity index (χ0) is 18.6. The van der Waals surface area contributed by atoms with Crippen LogP contribution in [0.4, 0.5) is 5.69 Å². The van der Waals surface area contributed by atoms with Crippen LogP contribution < -0.4 is 5.32 Å². The summed E-state index contributed by atoms with van der Waals surface area (Å²) >= 11 is 0. The van der Waals surface area contributed by atoms with Crippen molar-refractivity contribution < 1.29 is 19.4 Å². The van der Waals surface area contributed by atoms with Crippen molar-refractivity contribution >= 4 is 17.6 Å². The van der Waals surface area contributed by atoms with Gasteiger partial charge in [0.15, 0.2) is 0 Å². The Hall–Kier alpha value is -2.66. The van der Waals surface area contributed by atoms with E-state index in [-0.39, 0.29) is 18.1 Å². The average Bonchev–Trinajstić information content (AvgIpc) is 2.55. The molecule has 0 bridgehead atoms. The van der Waals surface area contributed by atoms with Gasteiger partial charge in [-0.15, -0.1) is 0 Å². The summed E-state index contributed by atoms with van der Waals surface area (Å²) in [4.78, 5) is 24.2. The van der Waals surface area contributed by atoms with Crippen molar-refractivity contribution in [2.45, 2.75) is 32.8 Å². The minimum atomic E-state index is -1.05. The van der Waals surface area contributed by atoms with Gasteiger partial charge in [-0.2, -0.15) is 0 Å². The van der Waals surface area contributed by atoms with Gasteiger partial charge in [0.05, 0.1) is 17.6 Å². The molecule has 2 aromatic rings. The highest BCUT2D eigenvalue weighted by molar-refractivity contribution is 6.00. The number of amides is 1. The standard InChI is InChI=1S/C20H23NO4/c1-13-7-5-6-8-17(13)20(2,3)19(24)21-16-10-14(12-25-4)9-15(11-16)18(22)23/h5-11H,12H2,1-4H3,(H,21,24)(H,22,23). The van der Waals surface area contributed by atoms with Crippen LogP contribution in [0.2, 0.25) is 0 Å². The number of benzene rings is 2. The Kier molecular flexibility index (Phi) is 5.59. The molecule has 0 aliphatic rings. The summed E-state index contributed by atoms with van der Waals surface area (Å²) in [5, 5.41) is 12.1. The van der Waals surface area contributed by atoms with Crippen LogP contribution in [0.15, 0.2) is 42.5 Å². The third-order valence-corrected chi connectivity index (χ3v) is 4.19. The maximum atomic E-state index is 12.8. The number of aromatic carboxylic acids is 1. The van der Waals surface area contributed by atoms with Crippen molar-refractivity contribution in [2.75, 3.05) is 12.4 Å². The molecule has 1 amide bonds. The molecule has 5 heteroatoms. The molecule has 0 heterocycles. The number of carbonyl (C=O) groups is 2. The molecule has 0 unspecified atom stereocenters. The zero-order valence-electron chi connectivity index (χ0n) is 14.9. The van der Waals surface area contributed by atoms with Crippen LogP contribution >= 0.6 is 0 Å². The van der Waals surface area contributed by atoms with E-state index in [1.165, 1.54) is 19.2 Å². The molecule has 0 atom stereocenters. The van der Waals surface area contributed by atoms with Crippen LogP contribution in [0.3, 0.4) is 0 Å². The highest BCUT2D eigenvalue weighted by Gasteiger charge is 2.31. The van der Waals surface area contributed by atoms with Crippen LogP contribution in [0.5, 0.6) is 0 Å². The number of carboxylic acids is 1. The fourth-order valence-corrected chi connectivity index (χ4v) is 2.82. The van der Waals surface area contributed by atoms with Crippen molar-refractivity contribution in [1.82, 2.24) is 0 Å². The number of anilines is 1. The number of hydrogen-bond donors (Lipinski definition) is 2. The van der Waals surface area contributed by atoms with E-state index in [2.05, 4.69) is 5.32 Å². The predicted octanol–water partition coefficient (Wildman–Crippen LogP) is 3.76. The third kappa shape index (κ3) is 4.25. The minimum Gasteiger partial charge on any atom is -0.478 e. The van der Waals surface area contributed by atoms with Crippen molar-refractivity contribution in [3.63, 3.8) is 0 Å². The van der Waals surface area contributed by atoms with Gasteiger partial charge < -0.3 is 15.2 Å². The van der Waals surface area contributed by atoms with Gasteiger partial charge in [0.1, 0.15) is 0 Å². The van der Waals surface area contributed by atoms with Gasteiger partial charge in [0.2, 0.25) is 5.91 Å². The number of carbonyl (C=O) groups excluding carboxylic acids is 1. The summed E-state index contributed by atoms with van der Waals surface area (Å²) in [5.41, 5.74) is 2.44. The van der Waals surface area contributed by atoms with E-state index in [0.29, 0.717) is 11.3 Å². The molecule has 0 aliphatic heterocycles. The number of carboxylic acid groups (broad SMARTS) is 1. The van der Waals surface area contributed by atoms with E-state index in [0.717, 1.165) is 11.1 Å². The molecule has 5 nitrogen and oxygen atoms in total. The summed E-state index contributed by atoms with van der Waals surface area (Å²) < 4.78 is 5.07. The lowest BCUT2D eigenvalue weighted by Crippen LogP contribution is -2.35. The second-order valence-corrected chi connectivity index (χ2v) is 6.55. The molecule has 2 aromatic carbocycles. The molecule has 2 N–H and O–H groups in total. The highest BCUT2D eigenvalue weighted by Crippen LogP contribution is 2.28. The van der Waals surface area contributed by atoms with Gasteiger partial charge in [-0.3, -0.25) is 4.79 Å². The molecule has 2 rings (SSSR count). The van der Waals surface area contributed by atoms with Gasteiger partial charge in [-0.25, -0.2) is 4.79 Å². The van der Waals surface area contributed by atoms with E-state index < -0.39 is 11.4 Å². The smallest absolute Gasteiger partial charge is 0.335 e. The lowest BCUT2D eigenvalue weighted by molar-refractivity contribution is -0.120. The summed E-state index contributed by atoms with van der Waals surface area (Å²) in [5.74, 6) is -1.25. The molecular weight excluding hydrogens is 318 g/mol. The average molecular weight is 341 g/mol. The fraction of sp³-hybridized carbons (Fsp3) is 0.300. The Morgan fingerprint density at radius 2 is 1.84 bits per heavy atom. The molecule has 0 saturated heterocycles. The number of methoxy groups -OCH3 is 1. The van der Waals surface area contributed by atoms with Gasteiger partial charge >= 0.3 is 5.97 Å². The van der Waals surface area contributed by atoms with E-state index in [1.54, 1.807) is 6.07 Å². The van der Waals surface area contributed by atoms with Gasteiger partial charge in [0, 0.05) is 12.8 Å². The van der Waals surface area contributed by atoms with Crippen molar-refractivity contribution in [2.24, 2.45) is 0 Å². The highest BCUT2D eigenvalue weighted by atomic mass is 16.5. The maximum Gasteiger partial charge on any atom is 0.335 e. The topological polar surface area (TPSA) is 75.6 Å². The lowest BCUT2D eigenvalue weighted by Gasteiger charge is -2.26. The van der Waals surface area contributed by atoms with Crippen LogP contribution in [0, 0.1) is 6.92 Å². The maximum absolute atomic E-state index is 12.8. The predicted molar refractivity (Wildman–Crippen MR) is 96.9 cm³/mol. The van der Waals surface area contributed by atoms with Crippen LogP contribution in [0.1, 0.15) is 40.9 Å². The number of hydrogen-bond acceptors (Lipinski definition) is 3. The Balaban J connectivity index is 2.33. The van der Waals surface area contributed by atoms with E-state index in [1.807, 2.05) is 45.0 Å². The third-order valence-electron chi connectivity index (χ3n) is 4.19. The van der Waals surface area contributed by atoms with Crippen LogP contribution in [-0.2, 0) is 21.6 Å². The van der Waals surface area contributed by atoms with E-state index in [4.69, 9.17) is 4.74 Å². The molecule has 0 spiro atoms. The number of ether oxygens (including phenoxy) is 1. The Morgan fingerprint density at radius 3 is 2.44 bits per heavy atom. The van der Waals surface area contributed by atoms with Crippen molar-refractivity contribution in [3.8, 4) is 0 Å². The molecule has 25 heavy (non-hydrogen) atoms. The summed E-state index contributed by atoms with van der Waals surface area (Å²) in [6.45, 7) is 5.93. The second-order valence-electron chi connectivity index (χ2n) is 6.55. The first-order valence-electron chi connectivity index (χ1n) is 7.99. The number of aryl methyl sites for hydroxylation is 1. The normalized spacial score (nSPS) is 11.2. The Bertz CT molecular complexity index is 796. The quantitative estimate of drug-likeness (QED) is 0.839. The van der Waals surface area contributed by atoms with Crippen molar-refractivity contribution in [3.05, 3.63) is 64.7 Å². The molecule has 0 radical (unpaired) electrons. The monoisotopic (exact) mass is 341 g/mol. The first-order valence-corrected chi connectivity index (χ1v) is 7.99. The number of nitrogens with one attached hydrogen (secondary N) is 1. The fourth-order valence-electron chi connectivity index (χ4n) is 2.82. The molecular formula is C20H23NO4. The Labute approximate surface area is 147 Å².